The van der Waals surface area contributed by atoms with Crippen LogP contribution < -0.4 is 0 Å². The van der Waals surface area contributed by atoms with E-state index in [-0.39, 0.29) is 24.4 Å². The van der Waals surface area contributed by atoms with E-state index in [1.54, 1.807) is 0 Å². The Morgan fingerprint density at radius 2 is 1.50 bits per heavy atom. The number of nitrogens with zero attached hydrogens (tertiary/aromatic N) is 1. The molecule has 8 nitrogen and oxygen atoms in total. The van der Waals surface area contributed by atoms with Gasteiger partial charge in [0.05, 0.1) is 13.2 Å². The fourth-order valence-corrected chi connectivity index (χ4v) is 5.01. The van der Waals surface area contributed by atoms with E-state index in [1.807, 2.05) is 76.8 Å². The molecule has 1 aromatic rings. The second kappa shape index (κ2) is 8.70. The number of rotatable bonds is 7. The maximum absolute atomic E-state index is 6.21. The minimum atomic E-state index is -1.26. The van der Waals surface area contributed by atoms with Crippen LogP contribution in [-0.2, 0) is 39.3 Å². The van der Waals surface area contributed by atoms with Crippen molar-refractivity contribution in [1.82, 2.24) is 4.67 Å². The highest BCUT2D eigenvalue weighted by atomic mass is 31.2. The molecule has 1 aromatic carbocycles. The first-order valence-corrected chi connectivity index (χ1v) is 11.4. The first-order valence-electron chi connectivity index (χ1n) is 10.3. The van der Waals surface area contributed by atoms with E-state index in [0.29, 0.717) is 13.2 Å². The number of hydrogen-bond acceptors (Lipinski definition) is 8. The van der Waals surface area contributed by atoms with Crippen LogP contribution in [0.1, 0.15) is 33.3 Å². The van der Waals surface area contributed by atoms with Gasteiger partial charge >= 0.3 is 0 Å². The highest BCUT2D eigenvalue weighted by molar-refractivity contribution is 7.44. The van der Waals surface area contributed by atoms with Gasteiger partial charge in [0.25, 0.3) is 8.53 Å². The molecule has 168 valence electrons. The lowest BCUT2D eigenvalue weighted by molar-refractivity contribution is -0.238. The average Bonchev–Trinajstić information content (AvgIpc) is 3.16. The topological polar surface area (TPSA) is 67.9 Å². The SMILES string of the molecule is CN(C)P(OCc1ccccc1)OC[C@H]1O[C@@H]2OC(C)(C)O[C@@H]2[C@H]2OC(C)(C)O[C@H]21. The Kier molecular flexibility index (Phi) is 6.53. The molecule has 3 heterocycles. The van der Waals surface area contributed by atoms with Crippen molar-refractivity contribution in [2.75, 3.05) is 20.7 Å². The van der Waals surface area contributed by atoms with Crippen LogP contribution in [0, 0.1) is 0 Å². The van der Waals surface area contributed by atoms with Gasteiger partial charge in [-0.1, -0.05) is 30.3 Å². The van der Waals surface area contributed by atoms with E-state index in [1.165, 1.54) is 0 Å². The zero-order valence-corrected chi connectivity index (χ0v) is 19.3. The van der Waals surface area contributed by atoms with Crippen molar-refractivity contribution in [3.05, 3.63) is 35.9 Å². The van der Waals surface area contributed by atoms with E-state index in [4.69, 9.17) is 32.7 Å². The zero-order valence-electron chi connectivity index (χ0n) is 18.4. The summed E-state index contributed by atoms with van der Waals surface area (Å²) in [5.41, 5.74) is 1.10. The molecule has 0 aromatic heterocycles. The summed E-state index contributed by atoms with van der Waals surface area (Å²) in [6.45, 7) is 8.32. The Balaban J connectivity index is 1.41. The van der Waals surface area contributed by atoms with Gasteiger partial charge in [0.1, 0.15) is 24.4 Å². The number of hydrogen-bond donors (Lipinski definition) is 0. The van der Waals surface area contributed by atoms with Crippen molar-refractivity contribution >= 4 is 8.53 Å². The number of fused-ring (bicyclic) bond motifs is 3. The van der Waals surface area contributed by atoms with Crippen LogP contribution in [-0.4, -0.2) is 67.7 Å². The van der Waals surface area contributed by atoms with Crippen LogP contribution in [0.15, 0.2) is 30.3 Å². The maximum atomic E-state index is 6.21. The molecule has 30 heavy (non-hydrogen) atoms. The van der Waals surface area contributed by atoms with Gasteiger partial charge in [-0.15, -0.1) is 0 Å². The molecule has 9 heteroatoms. The smallest absolute Gasteiger partial charge is 0.258 e. The van der Waals surface area contributed by atoms with E-state index in [0.717, 1.165) is 5.56 Å². The molecule has 6 atom stereocenters. The molecule has 1 unspecified atom stereocenters. The van der Waals surface area contributed by atoms with Crippen molar-refractivity contribution in [2.45, 2.75) is 76.6 Å². The van der Waals surface area contributed by atoms with Crippen molar-refractivity contribution < 1.29 is 32.7 Å². The molecule has 3 aliphatic rings. The van der Waals surface area contributed by atoms with E-state index >= 15 is 0 Å². The first-order chi connectivity index (χ1) is 14.1. The van der Waals surface area contributed by atoms with Crippen molar-refractivity contribution in [3.8, 4) is 0 Å². The molecule has 0 saturated carbocycles. The number of benzene rings is 1. The summed E-state index contributed by atoms with van der Waals surface area (Å²) in [5, 5.41) is 0. The lowest BCUT2D eigenvalue weighted by Gasteiger charge is -2.37. The van der Waals surface area contributed by atoms with Gasteiger partial charge < -0.3 is 32.7 Å². The Bertz CT molecular complexity index is 717. The van der Waals surface area contributed by atoms with Gasteiger partial charge in [0, 0.05) is 0 Å². The molecule has 0 bridgehead atoms. The molecule has 4 rings (SSSR count). The van der Waals surface area contributed by atoms with Gasteiger partial charge in [-0.05, 0) is 47.4 Å². The summed E-state index contributed by atoms with van der Waals surface area (Å²) in [6.07, 6.45) is -1.83. The summed E-state index contributed by atoms with van der Waals surface area (Å²) in [4.78, 5) is 0. The Hall–Kier alpha value is -0.670. The normalized spacial score (nSPS) is 35.2. The van der Waals surface area contributed by atoms with Crippen LogP contribution in [0.3, 0.4) is 0 Å². The molecule has 0 N–H and O–H groups in total. The predicted molar refractivity (Wildman–Crippen MR) is 110 cm³/mol. The van der Waals surface area contributed by atoms with Crippen LogP contribution in [0.2, 0.25) is 0 Å². The van der Waals surface area contributed by atoms with E-state index < -0.39 is 26.4 Å². The molecular formula is C21H32NO7P. The average molecular weight is 441 g/mol. The summed E-state index contributed by atoms with van der Waals surface area (Å²) in [5.74, 6) is -1.46. The lowest BCUT2D eigenvalue weighted by Crippen LogP contribution is -2.56. The highest BCUT2D eigenvalue weighted by Crippen LogP contribution is 2.46. The van der Waals surface area contributed by atoms with Crippen LogP contribution in [0.4, 0.5) is 0 Å². The van der Waals surface area contributed by atoms with Gasteiger partial charge in [-0.25, -0.2) is 4.67 Å². The van der Waals surface area contributed by atoms with E-state index in [9.17, 15) is 0 Å². The third-order valence-electron chi connectivity index (χ3n) is 5.11. The van der Waals surface area contributed by atoms with Gasteiger partial charge in [-0.3, -0.25) is 0 Å². The van der Waals surface area contributed by atoms with Gasteiger partial charge in [0.15, 0.2) is 17.9 Å². The molecule has 0 amide bonds. The standard InChI is InChI=1S/C21H32NO7P/c1-20(2)26-16-15(25-19-18(17(16)27-20)28-21(3,4)29-19)13-24-30(22(5)6)23-12-14-10-8-7-9-11-14/h7-11,15-19H,12-13H2,1-6H3/t15-,16+,17+,18-,19-,30?/m1/s1. The minimum Gasteiger partial charge on any atom is -0.342 e. The first kappa shape index (κ1) is 22.5. The number of ether oxygens (including phenoxy) is 5. The van der Waals surface area contributed by atoms with E-state index in [2.05, 4.69) is 0 Å². The third kappa shape index (κ3) is 5.04. The molecule has 0 aliphatic carbocycles. The lowest BCUT2D eigenvalue weighted by atomic mass is 9.99. The van der Waals surface area contributed by atoms with Gasteiger partial charge in [0.2, 0.25) is 0 Å². The van der Waals surface area contributed by atoms with Crippen LogP contribution in [0.5, 0.6) is 0 Å². The monoisotopic (exact) mass is 441 g/mol. The fourth-order valence-electron chi connectivity index (χ4n) is 3.94. The second-order valence-electron chi connectivity index (χ2n) is 8.85. The Morgan fingerprint density at radius 3 is 2.20 bits per heavy atom. The largest absolute Gasteiger partial charge is 0.342 e. The summed E-state index contributed by atoms with van der Waals surface area (Å²) >= 11 is 0. The summed E-state index contributed by atoms with van der Waals surface area (Å²) in [6, 6.07) is 10.0. The molecule has 0 spiro atoms. The highest BCUT2D eigenvalue weighted by Gasteiger charge is 2.60. The zero-order chi connectivity index (χ0) is 21.5. The second-order valence-corrected chi connectivity index (χ2v) is 10.6. The molecule has 3 fully saturated rings. The molecule has 3 aliphatic heterocycles. The van der Waals surface area contributed by atoms with Crippen molar-refractivity contribution in [3.63, 3.8) is 0 Å². The third-order valence-corrected chi connectivity index (χ3v) is 6.48. The van der Waals surface area contributed by atoms with Crippen molar-refractivity contribution in [2.24, 2.45) is 0 Å². The minimum absolute atomic E-state index is 0.287. The van der Waals surface area contributed by atoms with Crippen LogP contribution in [0.25, 0.3) is 0 Å². The van der Waals surface area contributed by atoms with Crippen molar-refractivity contribution in [1.29, 1.82) is 0 Å². The Morgan fingerprint density at radius 1 is 0.867 bits per heavy atom. The maximum Gasteiger partial charge on any atom is 0.258 e. The molecular weight excluding hydrogens is 409 g/mol. The quantitative estimate of drug-likeness (QED) is 0.597. The molecule has 3 saturated heterocycles. The summed E-state index contributed by atoms with van der Waals surface area (Å²) in [7, 11) is 2.62. The van der Waals surface area contributed by atoms with Gasteiger partial charge in [-0.2, -0.15) is 0 Å². The Labute approximate surface area is 179 Å². The predicted octanol–water partition coefficient (Wildman–Crippen LogP) is 3.40. The summed E-state index contributed by atoms with van der Waals surface area (Å²) < 4.78 is 44.6. The molecule has 0 radical (unpaired) electrons. The fraction of sp³-hybridized carbons (Fsp3) is 0.714. The van der Waals surface area contributed by atoms with Crippen LogP contribution >= 0.6 is 8.53 Å².